The summed E-state index contributed by atoms with van der Waals surface area (Å²) < 4.78 is 10.5. The van der Waals surface area contributed by atoms with Crippen molar-refractivity contribution >= 4 is 5.91 Å². The van der Waals surface area contributed by atoms with Crippen LogP contribution in [-0.2, 0) is 16.0 Å². The summed E-state index contributed by atoms with van der Waals surface area (Å²) in [5.74, 6) is 0.432. The molecule has 0 radical (unpaired) electrons. The molecule has 0 saturated heterocycles. The van der Waals surface area contributed by atoms with Crippen LogP contribution in [0.15, 0.2) is 18.2 Å². The molecule has 5 heteroatoms. The fraction of sp³-hybridized carbons (Fsp3) is 0.562. The first kappa shape index (κ1) is 15.8. The molecule has 2 atom stereocenters. The van der Waals surface area contributed by atoms with E-state index >= 15 is 0 Å². The number of fused-ring (bicyclic) bond motifs is 1. The Bertz CT molecular complexity index is 489. The minimum absolute atomic E-state index is 0.0388. The summed E-state index contributed by atoms with van der Waals surface area (Å²) in [7, 11) is 1.59. The molecule has 1 aliphatic rings. The number of aliphatic hydroxyl groups excluding tert-OH is 1. The first-order valence-corrected chi connectivity index (χ1v) is 7.32. The molecule has 1 unspecified atom stereocenters. The third-order valence-electron chi connectivity index (χ3n) is 3.59. The monoisotopic (exact) mass is 293 g/mol. The van der Waals surface area contributed by atoms with E-state index in [0.717, 1.165) is 24.8 Å². The van der Waals surface area contributed by atoms with E-state index in [1.807, 2.05) is 25.1 Å². The summed E-state index contributed by atoms with van der Waals surface area (Å²) in [4.78, 5) is 11.7. The van der Waals surface area contributed by atoms with E-state index in [4.69, 9.17) is 9.47 Å². The van der Waals surface area contributed by atoms with Crippen molar-refractivity contribution < 1.29 is 19.4 Å². The lowest BCUT2D eigenvalue weighted by Crippen LogP contribution is -2.38. The minimum Gasteiger partial charge on any atom is -0.484 e. The van der Waals surface area contributed by atoms with Crippen LogP contribution in [0.4, 0.5) is 0 Å². The van der Waals surface area contributed by atoms with Crippen molar-refractivity contribution in [2.24, 2.45) is 0 Å². The molecule has 116 valence electrons. The smallest absolute Gasteiger partial charge is 0.258 e. The first-order valence-electron chi connectivity index (χ1n) is 7.32. The number of benzene rings is 1. The van der Waals surface area contributed by atoms with Crippen LogP contribution in [0.3, 0.4) is 0 Å². The van der Waals surface area contributed by atoms with Crippen molar-refractivity contribution in [3.8, 4) is 5.75 Å². The van der Waals surface area contributed by atoms with Crippen molar-refractivity contribution in [3.63, 3.8) is 0 Å². The normalized spacial score (nSPS) is 18.7. The van der Waals surface area contributed by atoms with Crippen molar-refractivity contribution in [3.05, 3.63) is 29.3 Å². The van der Waals surface area contributed by atoms with E-state index in [1.54, 1.807) is 7.11 Å². The van der Waals surface area contributed by atoms with Crippen LogP contribution in [0.1, 0.15) is 37.0 Å². The SMILES string of the molecule is COCC(C)NC(=O)COc1ccc2c(c1)[C@@H](O)CCC2. The number of aryl methyl sites for hydroxylation is 1. The molecule has 1 aromatic rings. The van der Waals surface area contributed by atoms with Crippen LogP contribution in [0.25, 0.3) is 0 Å². The number of hydrogen-bond acceptors (Lipinski definition) is 4. The highest BCUT2D eigenvalue weighted by Crippen LogP contribution is 2.32. The lowest BCUT2D eigenvalue weighted by molar-refractivity contribution is -0.124. The highest BCUT2D eigenvalue weighted by Gasteiger charge is 2.18. The van der Waals surface area contributed by atoms with Crippen LogP contribution in [0.2, 0.25) is 0 Å². The Morgan fingerprint density at radius 3 is 3.10 bits per heavy atom. The third kappa shape index (κ3) is 4.44. The van der Waals surface area contributed by atoms with E-state index < -0.39 is 6.10 Å². The van der Waals surface area contributed by atoms with Crippen molar-refractivity contribution in [1.82, 2.24) is 5.32 Å². The van der Waals surface area contributed by atoms with E-state index in [2.05, 4.69) is 5.32 Å². The van der Waals surface area contributed by atoms with Gasteiger partial charge in [-0.15, -0.1) is 0 Å². The van der Waals surface area contributed by atoms with Gasteiger partial charge in [0.05, 0.1) is 12.7 Å². The summed E-state index contributed by atoms with van der Waals surface area (Å²) in [6.07, 6.45) is 2.36. The van der Waals surface area contributed by atoms with E-state index in [1.165, 1.54) is 5.56 Å². The second kappa shape index (κ2) is 7.43. The van der Waals surface area contributed by atoms with Gasteiger partial charge in [-0.2, -0.15) is 0 Å². The number of methoxy groups -OCH3 is 1. The highest BCUT2D eigenvalue weighted by atomic mass is 16.5. The molecule has 21 heavy (non-hydrogen) atoms. The topological polar surface area (TPSA) is 67.8 Å². The molecule has 1 aliphatic carbocycles. The van der Waals surface area contributed by atoms with Crippen LogP contribution in [0.5, 0.6) is 5.75 Å². The molecule has 0 fully saturated rings. The average Bonchev–Trinajstić information content (AvgIpc) is 2.46. The molecule has 0 aromatic heterocycles. The lowest BCUT2D eigenvalue weighted by atomic mass is 9.89. The zero-order valence-electron chi connectivity index (χ0n) is 12.6. The largest absolute Gasteiger partial charge is 0.484 e. The molecule has 5 nitrogen and oxygen atoms in total. The molecule has 0 spiro atoms. The number of carbonyl (C=O) groups is 1. The molecule has 2 rings (SSSR count). The summed E-state index contributed by atoms with van der Waals surface area (Å²) in [5, 5.41) is 12.8. The van der Waals surface area contributed by atoms with Gasteiger partial charge in [0.15, 0.2) is 6.61 Å². The van der Waals surface area contributed by atoms with Gasteiger partial charge in [0.25, 0.3) is 5.91 Å². The van der Waals surface area contributed by atoms with Crippen LogP contribution < -0.4 is 10.1 Å². The predicted molar refractivity (Wildman–Crippen MR) is 79.3 cm³/mol. The zero-order valence-corrected chi connectivity index (χ0v) is 12.6. The molecular formula is C16H23NO4. The van der Waals surface area contributed by atoms with Crippen LogP contribution in [0, 0.1) is 0 Å². The number of aliphatic hydroxyl groups is 1. The van der Waals surface area contributed by atoms with Gasteiger partial charge in [0.1, 0.15) is 5.75 Å². The van der Waals surface area contributed by atoms with E-state index in [-0.39, 0.29) is 18.6 Å². The molecule has 0 bridgehead atoms. The van der Waals surface area contributed by atoms with Crippen molar-refractivity contribution in [2.45, 2.75) is 38.3 Å². The Morgan fingerprint density at radius 1 is 1.52 bits per heavy atom. The zero-order chi connectivity index (χ0) is 15.2. The third-order valence-corrected chi connectivity index (χ3v) is 3.59. The molecule has 1 amide bonds. The number of ether oxygens (including phenoxy) is 2. The summed E-state index contributed by atoms with van der Waals surface area (Å²) >= 11 is 0. The number of carbonyl (C=O) groups excluding carboxylic acids is 1. The molecule has 0 aliphatic heterocycles. The number of nitrogens with one attached hydrogen (secondary N) is 1. The van der Waals surface area contributed by atoms with Gasteiger partial charge >= 0.3 is 0 Å². The quantitative estimate of drug-likeness (QED) is 0.836. The van der Waals surface area contributed by atoms with Gasteiger partial charge < -0.3 is 19.9 Å². The van der Waals surface area contributed by atoms with Crippen LogP contribution >= 0.6 is 0 Å². The summed E-state index contributed by atoms with van der Waals surface area (Å²) in [5.41, 5.74) is 2.09. The standard InChI is InChI=1S/C16H23NO4/c1-11(9-20-2)17-16(19)10-21-13-7-6-12-4-3-5-15(18)14(12)8-13/h6-8,11,15,18H,3-5,9-10H2,1-2H3,(H,17,19)/t11?,15-/m0/s1. The Morgan fingerprint density at radius 2 is 2.33 bits per heavy atom. The molecular weight excluding hydrogens is 270 g/mol. The average molecular weight is 293 g/mol. The van der Waals surface area contributed by atoms with E-state index in [0.29, 0.717) is 12.4 Å². The maximum Gasteiger partial charge on any atom is 0.258 e. The number of rotatable bonds is 6. The van der Waals surface area contributed by atoms with Gasteiger partial charge in [-0.25, -0.2) is 0 Å². The second-order valence-electron chi connectivity index (χ2n) is 5.48. The van der Waals surface area contributed by atoms with Gasteiger partial charge in [0.2, 0.25) is 0 Å². The van der Waals surface area contributed by atoms with Gasteiger partial charge in [-0.05, 0) is 49.4 Å². The summed E-state index contributed by atoms with van der Waals surface area (Å²) in [6.45, 7) is 2.30. The Kier molecular flexibility index (Phi) is 5.59. The Hall–Kier alpha value is -1.59. The first-order chi connectivity index (χ1) is 10.1. The number of amides is 1. The second-order valence-corrected chi connectivity index (χ2v) is 5.48. The van der Waals surface area contributed by atoms with Crippen molar-refractivity contribution in [2.75, 3.05) is 20.3 Å². The predicted octanol–water partition coefficient (Wildman–Crippen LogP) is 1.59. The Balaban J connectivity index is 1.89. The fourth-order valence-corrected chi connectivity index (χ4v) is 2.60. The maximum atomic E-state index is 11.7. The lowest BCUT2D eigenvalue weighted by Gasteiger charge is -2.22. The minimum atomic E-state index is -0.423. The molecule has 1 aromatic carbocycles. The fourth-order valence-electron chi connectivity index (χ4n) is 2.60. The van der Waals surface area contributed by atoms with Gasteiger partial charge in [0, 0.05) is 13.2 Å². The molecule has 0 heterocycles. The van der Waals surface area contributed by atoms with Crippen LogP contribution in [-0.4, -0.2) is 37.4 Å². The molecule has 2 N–H and O–H groups in total. The Labute approximate surface area is 125 Å². The number of hydrogen-bond donors (Lipinski definition) is 2. The maximum absolute atomic E-state index is 11.7. The van der Waals surface area contributed by atoms with Gasteiger partial charge in [-0.3, -0.25) is 4.79 Å². The van der Waals surface area contributed by atoms with Crippen molar-refractivity contribution in [1.29, 1.82) is 0 Å². The van der Waals surface area contributed by atoms with Gasteiger partial charge in [-0.1, -0.05) is 6.07 Å². The van der Waals surface area contributed by atoms with E-state index in [9.17, 15) is 9.90 Å². The highest BCUT2D eigenvalue weighted by molar-refractivity contribution is 5.77. The summed E-state index contributed by atoms with van der Waals surface area (Å²) in [6, 6.07) is 5.61. The molecule has 0 saturated carbocycles.